The van der Waals surface area contributed by atoms with Gasteiger partial charge in [-0.25, -0.2) is 0 Å². The topological polar surface area (TPSA) is 98.8 Å². The first-order valence-corrected chi connectivity index (χ1v) is 11.1. The van der Waals surface area contributed by atoms with Crippen molar-refractivity contribution in [3.63, 3.8) is 0 Å². The first kappa shape index (κ1) is 20.6. The summed E-state index contributed by atoms with van der Waals surface area (Å²) in [7, 11) is 0. The van der Waals surface area contributed by atoms with Crippen molar-refractivity contribution in [2.45, 2.75) is 36.3 Å². The lowest BCUT2D eigenvalue weighted by Gasteiger charge is -2.34. The van der Waals surface area contributed by atoms with E-state index in [0.29, 0.717) is 12.2 Å². The Labute approximate surface area is 171 Å². The average Bonchev–Trinajstić information content (AvgIpc) is 2.69. The Morgan fingerprint density at radius 1 is 1.18 bits per heavy atom. The number of rotatable bonds is 7. The molecule has 1 heterocycles. The van der Waals surface area contributed by atoms with Crippen LogP contribution in [0.2, 0.25) is 0 Å². The molecular formula is C20H22N3O3S2-. The fraction of sp³-hybridized carbons (Fsp3) is 0.300. The predicted octanol–water partition coefficient (Wildman–Crippen LogP) is 2.90. The van der Waals surface area contributed by atoms with E-state index in [2.05, 4.69) is 6.92 Å². The van der Waals surface area contributed by atoms with E-state index < -0.39 is 11.1 Å². The van der Waals surface area contributed by atoms with Gasteiger partial charge in [0.25, 0.3) is 0 Å². The van der Waals surface area contributed by atoms with Crippen molar-refractivity contribution in [1.29, 1.82) is 0 Å². The molecule has 0 fully saturated rings. The largest absolute Gasteiger partial charge is 0.772 e. The minimum Gasteiger partial charge on any atom is -0.772 e. The minimum atomic E-state index is -2.11. The van der Waals surface area contributed by atoms with E-state index in [4.69, 9.17) is 10.8 Å². The lowest BCUT2D eigenvalue weighted by molar-refractivity contribution is -0.110. The first-order valence-electron chi connectivity index (χ1n) is 8.95. The van der Waals surface area contributed by atoms with Gasteiger partial charge in [-0.1, -0.05) is 54.4 Å². The number of thioether (sulfide) groups is 1. The molecule has 0 bridgehead atoms. The van der Waals surface area contributed by atoms with Crippen molar-refractivity contribution < 1.29 is 13.6 Å². The van der Waals surface area contributed by atoms with Gasteiger partial charge < -0.3 is 15.1 Å². The van der Waals surface area contributed by atoms with E-state index >= 15 is 0 Å². The van der Waals surface area contributed by atoms with E-state index in [9.17, 15) is 13.6 Å². The Bertz CT molecular complexity index is 869. The smallest absolute Gasteiger partial charge is 0.154 e. The molecule has 0 aliphatic carbocycles. The molecule has 8 heteroatoms. The molecule has 1 aliphatic rings. The van der Waals surface area contributed by atoms with Crippen LogP contribution in [-0.4, -0.2) is 36.4 Å². The number of hydrogen-bond donors (Lipinski definition) is 1. The van der Waals surface area contributed by atoms with Gasteiger partial charge >= 0.3 is 0 Å². The molecule has 0 spiro atoms. The van der Waals surface area contributed by atoms with Crippen LogP contribution in [0, 0.1) is 0 Å². The number of anilines is 1. The number of benzene rings is 2. The SMILES string of the molecule is CCC1SC(C=O)N(Cc2ccc(N)cc2)N=C1c1ccc(CS(=O)[O-])cc1. The van der Waals surface area contributed by atoms with Crippen molar-refractivity contribution in [1.82, 2.24) is 5.01 Å². The maximum Gasteiger partial charge on any atom is 0.154 e. The molecule has 0 saturated carbocycles. The molecule has 0 radical (unpaired) electrons. The highest BCUT2D eigenvalue weighted by Gasteiger charge is 2.31. The number of nitrogens with zero attached hydrogens (tertiary/aromatic N) is 2. The minimum absolute atomic E-state index is 0.00477. The number of aldehydes is 1. The molecule has 0 amide bonds. The molecule has 2 N–H and O–H groups in total. The van der Waals surface area contributed by atoms with E-state index in [1.165, 1.54) is 0 Å². The standard InChI is InChI=1S/C20H23N3O3S2/c1-2-18-20(16-7-3-15(4-8-16)13-28(25)26)22-23(19(12-24)27-18)11-14-5-9-17(21)10-6-14/h3-10,12,18-19H,2,11,13,21H2,1H3,(H,25,26)/p-1. The number of nitrogen functional groups attached to an aromatic ring is 1. The van der Waals surface area contributed by atoms with Crippen LogP contribution in [0.25, 0.3) is 0 Å². The molecule has 3 unspecified atom stereocenters. The van der Waals surface area contributed by atoms with Crippen LogP contribution in [0.1, 0.15) is 30.0 Å². The van der Waals surface area contributed by atoms with Gasteiger partial charge in [0.05, 0.1) is 17.5 Å². The van der Waals surface area contributed by atoms with Gasteiger partial charge in [-0.3, -0.25) is 9.22 Å². The van der Waals surface area contributed by atoms with Gasteiger partial charge in [0.2, 0.25) is 0 Å². The van der Waals surface area contributed by atoms with Crippen molar-refractivity contribution in [3.8, 4) is 0 Å². The summed E-state index contributed by atoms with van der Waals surface area (Å²) >= 11 is -0.529. The fourth-order valence-corrected chi connectivity index (χ4v) is 4.67. The van der Waals surface area contributed by atoms with Crippen LogP contribution < -0.4 is 5.73 Å². The zero-order valence-corrected chi connectivity index (χ0v) is 17.1. The molecule has 1 aliphatic heterocycles. The fourth-order valence-electron chi connectivity index (χ4n) is 3.04. The van der Waals surface area contributed by atoms with E-state index in [0.717, 1.165) is 35.1 Å². The first-order chi connectivity index (χ1) is 13.5. The Morgan fingerprint density at radius 3 is 2.39 bits per heavy atom. The summed E-state index contributed by atoms with van der Waals surface area (Å²) in [6.07, 6.45) is 1.77. The molecular weight excluding hydrogens is 394 g/mol. The zero-order chi connectivity index (χ0) is 20.1. The Hall–Kier alpha value is -2.16. The normalized spacial score (nSPS) is 20.5. The molecule has 3 atom stereocenters. The van der Waals surface area contributed by atoms with Crippen LogP contribution in [0.4, 0.5) is 5.69 Å². The third-order valence-electron chi connectivity index (χ3n) is 4.48. The maximum absolute atomic E-state index is 11.7. The van der Waals surface area contributed by atoms with Gasteiger partial charge in [-0.2, -0.15) is 5.10 Å². The van der Waals surface area contributed by atoms with Crippen LogP contribution >= 0.6 is 11.8 Å². The van der Waals surface area contributed by atoms with Gasteiger partial charge in [0.1, 0.15) is 5.37 Å². The molecule has 0 aromatic heterocycles. The van der Waals surface area contributed by atoms with Gasteiger partial charge in [-0.15, -0.1) is 11.8 Å². The molecule has 148 valence electrons. The third-order valence-corrected chi connectivity index (χ3v) is 6.57. The summed E-state index contributed by atoms with van der Waals surface area (Å²) in [4.78, 5) is 11.7. The van der Waals surface area contributed by atoms with Crippen molar-refractivity contribution >= 4 is 40.5 Å². The van der Waals surface area contributed by atoms with Gasteiger partial charge in [0, 0.05) is 11.4 Å². The summed E-state index contributed by atoms with van der Waals surface area (Å²) < 4.78 is 21.8. The Kier molecular flexibility index (Phi) is 6.88. The number of hydrogen-bond acceptors (Lipinski definition) is 7. The van der Waals surface area contributed by atoms with Crippen LogP contribution in [0.5, 0.6) is 0 Å². The van der Waals surface area contributed by atoms with Crippen LogP contribution in [-0.2, 0) is 28.2 Å². The van der Waals surface area contributed by atoms with Crippen LogP contribution in [0.3, 0.4) is 0 Å². The molecule has 2 aromatic carbocycles. The van der Waals surface area contributed by atoms with Crippen molar-refractivity contribution in [3.05, 3.63) is 65.2 Å². The zero-order valence-electron chi connectivity index (χ0n) is 15.5. The molecule has 2 aromatic rings. The Balaban J connectivity index is 1.89. The lowest BCUT2D eigenvalue weighted by Crippen LogP contribution is -2.39. The van der Waals surface area contributed by atoms with Crippen LogP contribution in [0.15, 0.2) is 53.6 Å². The second kappa shape index (κ2) is 9.36. The van der Waals surface area contributed by atoms with E-state index in [1.807, 2.05) is 36.4 Å². The third kappa shape index (κ3) is 5.01. The summed E-state index contributed by atoms with van der Waals surface area (Å²) in [6.45, 7) is 2.57. The molecule has 6 nitrogen and oxygen atoms in total. The molecule has 28 heavy (non-hydrogen) atoms. The highest BCUT2D eigenvalue weighted by Crippen LogP contribution is 2.32. The summed E-state index contributed by atoms with van der Waals surface area (Å²) in [6, 6.07) is 14.9. The Morgan fingerprint density at radius 2 is 1.82 bits per heavy atom. The van der Waals surface area contributed by atoms with Crippen molar-refractivity contribution in [2.75, 3.05) is 5.73 Å². The summed E-state index contributed by atoms with van der Waals surface area (Å²) in [5.41, 5.74) is 10.0. The van der Waals surface area contributed by atoms with Crippen molar-refractivity contribution in [2.24, 2.45) is 5.10 Å². The highest BCUT2D eigenvalue weighted by atomic mass is 32.2. The number of nitrogens with two attached hydrogens (primary N) is 1. The molecule has 0 saturated heterocycles. The second-order valence-corrected chi connectivity index (χ2v) is 8.75. The molecule has 3 rings (SSSR count). The summed E-state index contributed by atoms with van der Waals surface area (Å²) in [5, 5.41) is 6.35. The summed E-state index contributed by atoms with van der Waals surface area (Å²) in [5.74, 6) is -0.00477. The lowest BCUT2D eigenvalue weighted by atomic mass is 10.0. The maximum atomic E-state index is 11.7. The number of hydrazone groups is 1. The number of carbonyl (C=O) groups is 1. The predicted molar refractivity (Wildman–Crippen MR) is 114 cm³/mol. The monoisotopic (exact) mass is 416 g/mol. The van der Waals surface area contributed by atoms with Gasteiger partial charge in [-0.05, 0) is 35.2 Å². The van der Waals surface area contributed by atoms with Gasteiger partial charge in [0.15, 0.2) is 6.29 Å². The van der Waals surface area contributed by atoms with E-state index in [-0.39, 0.29) is 16.4 Å². The average molecular weight is 417 g/mol. The highest BCUT2D eigenvalue weighted by molar-refractivity contribution is 8.01. The second-order valence-electron chi connectivity index (χ2n) is 6.53. The van der Waals surface area contributed by atoms with E-state index in [1.54, 1.807) is 28.9 Å². The quantitative estimate of drug-likeness (QED) is 0.423. The number of carbonyl (C=O) groups excluding carboxylic acids is 1.